The smallest absolute Gasteiger partial charge is 0.257 e. The molecule has 0 radical (unpaired) electrons. The van der Waals surface area contributed by atoms with E-state index in [9.17, 15) is 4.79 Å². The maximum Gasteiger partial charge on any atom is 0.257 e. The third-order valence-electron chi connectivity index (χ3n) is 3.23. The fourth-order valence-corrected chi connectivity index (χ4v) is 2.14. The lowest BCUT2D eigenvalue weighted by molar-refractivity contribution is 0.0931. The first-order valence-electron chi connectivity index (χ1n) is 5.97. The highest BCUT2D eigenvalue weighted by molar-refractivity contribution is 5.98. The van der Waals surface area contributed by atoms with Gasteiger partial charge in [0, 0.05) is 12.6 Å². The Morgan fingerprint density at radius 1 is 1.53 bits per heavy atom. The zero-order chi connectivity index (χ0) is 13.4. The third kappa shape index (κ3) is 1.91. The SMILES string of the molecule is Cn1ncc(C(=O)NC2COc3ccccc32)c1N. The molecule has 98 valence electrons. The number of ether oxygens (including phenoxy) is 1. The van der Waals surface area contributed by atoms with Crippen molar-refractivity contribution in [1.29, 1.82) is 0 Å². The highest BCUT2D eigenvalue weighted by atomic mass is 16.5. The monoisotopic (exact) mass is 258 g/mol. The van der Waals surface area contributed by atoms with Gasteiger partial charge in [0.15, 0.2) is 0 Å². The average molecular weight is 258 g/mol. The van der Waals surface area contributed by atoms with Crippen molar-refractivity contribution < 1.29 is 9.53 Å². The molecule has 0 saturated heterocycles. The summed E-state index contributed by atoms with van der Waals surface area (Å²) >= 11 is 0. The Labute approximate surface area is 110 Å². The molecule has 1 aromatic heterocycles. The average Bonchev–Trinajstić information content (AvgIpc) is 2.96. The van der Waals surface area contributed by atoms with Crippen molar-refractivity contribution in [2.24, 2.45) is 7.05 Å². The molecular formula is C13H14N4O2. The predicted molar refractivity (Wildman–Crippen MR) is 69.8 cm³/mol. The van der Waals surface area contributed by atoms with Gasteiger partial charge in [-0.15, -0.1) is 0 Å². The summed E-state index contributed by atoms with van der Waals surface area (Å²) in [5.74, 6) is 0.924. The first-order chi connectivity index (χ1) is 9.16. The van der Waals surface area contributed by atoms with Crippen LogP contribution in [0.15, 0.2) is 30.5 Å². The molecule has 2 heterocycles. The normalized spacial score (nSPS) is 16.8. The number of aromatic nitrogens is 2. The molecule has 0 fully saturated rings. The summed E-state index contributed by atoms with van der Waals surface area (Å²) < 4.78 is 6.98. The number of para-hydroxylation sites is 1. The largest absolute Gasteiger partial charge is 0.491 e. The molecule has 1 unspecified atom stereocenters. The number of nitrogens with two attached hydrogens (primary N) is 1. The molecule has 0 aliphatic carbocycles. The lowest BCUT2D eigenvalue weighted by atomic mass is 10.1. The molecule has 2 aromatic rings. The fourth-order valence-electron chi connectivity index (χ4n) is 2.14. The Morgan fingerprint density at radius 2 is 2.32 bits per heavy atom. The van der Waals surface area contributed by atoms with Gasteiger partial charge >= 0.3 is 0 Å². The van der Waals surface area contributed by atoms with E-state index in [4.69, 9.17) is 10.5 Å². The van der Waals surface area contributed by atoms with Gasteiger partial charge in [-0.05, 0) is 6.07 Å². The first-order valence-corrected chi connectivity index (χ1v) is 5.97. The van der Waals surface area contributed by atoms with E-state index in [-0.39, 0.29) is 11.9 Å². The predicted octanol–water partition coefficient (Wildman–Crippen LogP) is 0.866. The number of aryl methyl sites for hydroxylation is 1. The number of hydrogen-bond donors (Lipinski definition) is 2. The van der Waals surface area contributed by atoms with Crippen LogP contribution in [0.3, 0.4) is 0 Å². The Morgan fingerprint density at radius 3 is 3.05 bits per heavy atom. The van der Waals surface area contributed by atoms with Crippen LogP contribution < -0.4 is 15.8 Å². The van der Waals surface area contributed by atoms with Gasteiger partial charge in [0.1, 0.15) is 23.7 Å². The van der Waals surface area contributed by atoms with E-state index in [1.54, 1.807) is 7.05 Å². The second-order valence-corrected chi connectivity index (χ2v) is 4.44. The van der Waals surface area contributed by atoms with Crippen LogP contribution in [0.2, 0.25) is 0 Å². The number of benzene rings is 1. The van der Waals surface area contributed by atoms with Crippen LogP contribution >= 0.6 is 0 Å². The minimum absolute atomic E-state index is 0.150. The molecule has 0 bridgehead atoms. The molecule has 3 rings (SSSR count). The molecule has 0 saturated carbocycles. The van der Waals surface area contributed by atoms with Crippen molar-refractivity contribution in [2.45, 2.75) is 6.04 Å². The molecule has 1 atom stereocenters. The molecule has 1 aromatic carbocycles. The van der Waals surface area contributed by atoms with Crippen molar-refractivity contribution in [3.05, 3.63) is 41.6 Å². The molecular weight excluding hydrogens is 244 g/mol. The highest BCUT2D eigenvalue weighted by Crippen LogP contribution is 2.31. The van der Waals surface area contributed by atoms with Gasteiger partial charge in [0.05, 0.1) is 12.2 Å². The summed E-state index contributed by atoms with van der Waals surface area (Å²) in [6.07, 6.45) is 1.46. The summed E-state index contributed by atoms with van der Waals surface area (Å²) in [7, 11) is 1.69. The number of fused-ring (bicyclic) bond motifs is 1. The zero-order valence-corrected chi connectivity index (χ0v) is 10.5. The lowest BCUT2D eigenvalue weighted by Crippen LogP contribution is -2.29. The van der Waals surface area contributed by atoms with Crippen LogP contribution in [-0.4, -0.2) is 22.3 Å². The maximum atomic E-state index is 12.1. The van der Waals surface area contributed by atoms with E-state index in [1.165, 1.54) is 10.9 Å². The Bertz CT molecular complexity index is 635. The first kappa shape index (κ1) is 11.6. The topological polar surface area (TPSA) is 82.2 Å². The van der Waals surface area contributed by atoms with Crippen LogP contribution in [0.5, 0.6) is 5.75 Å². The summed E-state index contributed by atoms with van der Waals surface area (Å²) in [6.45, 7) is 0.436. The summed E-state index contributed by atoms with van der Waals surface area (Å²) in [5, 5.41) is 6.86. The Hall–Kier alpha value is -2.50. The van der Waals surface area contributed by atoms with Crippen molar-refractivity contribution in [2.75, 3.05) is 12.3 Å². The quantitative estimate of drug-likeness (QED) is 0.837. The second kappa shape index (κ2) is 4.31. The Balaban J connectivity index is 1.80. The van der Waals surface area contributed by atoms with E-state index < -0.39 is 0 Å². The van der Waals surface area contributed by atoms with E-state index in [0.717, 1.165) is 11.3 Å². The number of nitrogens with one attached hydrogen (secondary N) is 1. The number of amides is 1. The van der Waals surface area contributed by atoms with Crippen LogP contribution in [0.1, 0.15) is 22.0 Å². The number of anilines is 1. The van der Waals surface area contributed by atoms with Crippen molar-refractivity contribution in [3.8, 4) is 5.75 Å². The van der Waals surface area contributed by atoms with Gasteiger partial charge in [-0.2, -0.15) is 5.10 Å². The Kier molecular flexibility index (Phi) is 2.63. The minimum atomic E-state index is -0.240. The molecule has 19 heavy (non-hydrogen) atoms. The molecule has 1 aliphatic heterocycles. The number of nitrogens with zero attached hydrogens (tertiary/aromatic N) is 2. The highest BCUT2D eigenvalue weighted by Gasteiger charge is 2.26. The van der Waals surface area contributed by atoms with Gasteiger partial charge < -0.3 is 15.8 Å². The molecule has 1 aliphatic rings. The molecule has 3 N–H and O–H groups in total. The van der Waals surface area contributed by atoms with Gasteiger partial charge in [-0.25, -0.2) is 0 Å². The van der Waals surface area contributed by atoms with Crippen LogP contribution in [0.4, 0.5) is 5.82 Å². The van der Waals surface area contributed by atoms with Gasteiger partial charge in [0.2, 0.25) is 0 Å². The third-order valence-corrected chi connectivity index (χ3v) is 3.23. The summed E-state index contributed by atoms with van der Waals surface area (Å²) in [4.78, 5) is 12.1. The number of hydrogen-bond acceptors (Lipinski definition) is 4. The number of carbonyl (C=O) groups excluding carboxylic acids is 1. The van der Waals surface area contributed by atoms with Crippen LogP contribution in [0, 0.1) is 0 Å². The maximum absolute atomic E-state index is 12.1. The van der Waals surface area contributed by atoms with E-state index in [0.29, 0.717) is 18.0 Å². The van der Waals surface area contributed by atoms with Gasteiger partial charge in [-0.1, -0.05) is 18.2 Å². The second-order valence-electron chi connectivity index (χ2n) is 4.44. The molecule has 1 amide bonds. The van der Waals surface area contributed by atoms with Crippen molar-refractivity contribution in [3.63, 3.8) is 0 Å². The van der Waals surface area contributed by atoms with Gasteiger partial charge in [0.25, 0.3) is 5.91 Å². The molecule has 6 nitrogen and oxygen atoms in total. The number of nitrogen functional groups attached to an aromatic ring is 1. The van der Waals surface area contributed by atoms with Crippen LogP contribution in [0.25, 0.3) is 0 Å². The zero-order valence-electron chi connectivity index (χ0n) is 10.5. The van der Waals surface area contributed by atoms with E-state index >= 15 is 0 Å². The van der Waals surface area contributed by atoms with Crippen molar-refractivity contribution in [1.82, 2.24) is 15.1 Å². The number of rotatable bonds is 2. The lowest BCUT2D eigenvalue weighted by Gasteiger charge is -2.11. The molecule has 0 spiro atoms. The van der Waals surface area contributed by atoms with Gasteiger partial charge in [-0.3, -0.25) is 9.48 Å². The summed E-state index contributed by atoms with van der Waals surface area (Å²) in [5.41, 5.74) is 7.15. The number of carbonyl (C=O) groups is 1. The summed E-state index contributed by atoms with van der Waals surface area (Å²) in [6, 6.07) is 7.51. The van der Waals surface area contributed by atoms with Crippen LogP contribution in [-0.2, 0) is 7.05 Å². The fraction of sp³-hybridized carbons (Fsp3) is 0.231. The minimum Gasteiger partial charge on any atom is -0.491 e. The van der Waals surface area contributed by atoms with E-state index in [2.05, 4.69) is 10.4 Å². The molecule has 6 heteroatoms. The van der Waals surface area contributed by atoms with Crippen molar-refractivity contribution >= 4 is 11.7 Å². The standard InChI is InChI=1S/C13H14N4O2/c1-17-12(14)9(6-15-17)13(18)16-10-7-19-11-5-3-2-4-8(10)11/h2-6,10H,7,14H2,1H3,(H,16,18). The van der Waals surface area contributed by atoms with E-state index in [1.807, 2.05) is 24.3 Å².